The molecule has 0 aliphatic heterocycles. The second-order valence-electron chi connectivity index (χ2n) is 11.4. The fourth-order valence-corrected chi connectivity index (χ4v) is 4.40. The fourth-order valence-electron chi connectivity index (χ4n) is 4.40. The quantitative estimate of drug-likeness (QED) is 0.544. The third-order valence-electron chi connectivity index (χ3n) is 5.98. The molecule has 194 valence electrons. The molecule has 1 fully saturated rings. The second-order valence-corrected chi connectivity index (χ2v) is 11.4. The summed E-state index contributed by atoms with van der Waals surface area (Å²) in [6.07, 6.45) is 6.26. The number of nitrogens with one attached hydrogen (secondary N) is 2. The molecule has 3 amide bonds. The van der Waals surface area contributed by atoms with Crippen LogP contribution in [0.15, 0.2) is 30.8 Å². The zero-order valence-electron chi connectivity index (χ0n) is 22.4. The van der Waals surface area contributed by atoms with Gasteiger partial charge in [-0.25, -0.2) is 4.79 Å². The van der Waals surface area contributed by atoms with E-state index in [1.165, 1.54) is 6.42 Å². The molecule has 7 heteroatoms. The van der Waals surface area contributed by atoms with E-state index in [2.05, 4.69) is 17.2 Å². The minimum absolute atomic E-state index is 0.0931. The maximum Gasteiger partial charge on any atom is 0.408 e. The summed E-state index contributed by atoms with van der Waals surface area (Å²) in [7, 11) is 0. The molecular weight excluding hydrogens is 442 g/mol. The van der Waals surface area contributed by atoms with Gasteiger partial charge in [-0.1, -0.05) is 50.1 Å². The molecule has 7 nitrogen and oxygen atoms in total. The lowest BCUT2D eigenvalue weighted by molar-refractivity contribution is -0.148. The highest BCUT2D eigenvalue weighted by molar-refractivity contribution is 5.92. The van der Waals surface area contributed by atoms with Crippen LogP contribution in [-0.4, -0.2) is 46.0 Å². The molecule has 0 bridgehead atoms. The first kappa shape index (κ1) is 28.4. The van der Waals surface area contributed by atoms with Crippen molar-refractivity contribution in [3.8, 4) is 0 Å². The molecule has 2 atom stereocenters. The number of carbonyl (C=O) groups excluding carboxylic acids is 3. The Morgan fingerprint density at radius 3 is 2.26 bits per heavy atom. The Morgan fingerprint density at radius 1 is 1.09 bits per heavy atom. The van der Waals surface area contributed by atoms with Gasteiger partial charge in [0, 0.05) is 11.6 Å². The number of hydrogen-bond donors (Lipinski definition) is 2. The third-order valence-corrected chi connectivity index (χ3v) is 5.98. The van der Waals surface area contributed by atoms with E-state index in [0.29, 0.717) is 5.56 Å². The number of nitrogens with zero attached hydrogens (tertiary/aromatic N) is 1. The predicted molar refractivity (Wildman–Crippen MR) is 140 cm³/mol. The average Bonchev–Trinajstić information content (AvgIpc) is 2.75. The molecule has 2 N–H and O–H groups in total. The van der Waals surface area contributed by atoms with Crippen LogP contribution in [0, 0.1) is 0 Å². The lowest BCUT2D eigenvalue weighted by atomic mass is 9.92. The number of alkyl carbamates (subject to hydrolysis) is 1. The first-order valence-electron chi connectivity index (χ1n) is 12.6. The Morgan fingerprint density at radius 2 is 1.71 bits per heavy atom. The topological polar surface area (TPSA) is 87.7 Å². The lowest BCUT2D eigenvalue weighted by Crippen LogP contribution is -2.58. The van der Waals surface area contributed by atoms with Gasteiger partial charge in [-0.15, -0.1) is 0 Å². The number of amides is 3. The Bertz CT molecular complexity index is 908. The zero-order chi connectivity index (χ0) is 26.4. The van der Waals surface area contributed by atoms with Gasteiger partial charge < -0.3 is 20.3 Å². The van der Waals surface area contributed by atoms with Crippen molar-refractivity contribution < 1.29 is 19.1 Å². The zero-order valence-corrected chi connectivity index (χ0v) is 22.4. The summed E-state index contributed by atoms with van der Waals surface area (Å²) in [6.45, 7) is 16.4. The smallest absolute Gasteiger partial charge is 0.408 e. The number of rotatable bonds is 7. The maximum atomic E-state index is 13.8. The molecule has 2 unspecified atom stereocenters. The number of benzene rings is 1. The Labute approximate surface area is 210 Å². The van der Waals surface area contributed by atoms with Gasteiger partial charge in [-0.3, -0.25) is 9.59 Å². The molecule has 1 saturated carbocycles. The first-order valence-corrected chi connectivity index (χ1v) is 12.6. The SMILES string of the molecule is C=Cc1cccc(C(C(=O)NC2CCCCC2)N(C(=O)C(C)NC(=O)OC(C)(C)C)C(C)(C)C)c1. The van der Waals surface area contributed by atoms with Crippen LogP contribution in [0.5, 0.6) is 0 Å². The van der Waals surface area contributed by atoms with Crippen molar-refractivity contribution in [1.82, 2.24) is 15.5 Å². The van der Waals surface area contributed by atoms with Crippen molar-refractivity contribution in [2.24, 2.45) is 0 Å². The molecule has 0 saturated heterocycles. The van der Waals surface area contributed by atoms with E-state index >= 15 is 0 Å². The number of hydrogen-bond acceptors (Lipinski definition) is 4. The van der Waals surface area contributed by atoms with Crippen molar-refractivity contribution in [1.29, 1.82) is 0 Å². The molecule has 1 aromatic rings. The van der Waals surface area contributed by atoms with Crippen molar-refractivity contribution in [3.63, 3.8) is 0 Å². The highest BCUT2D eigenvalue weighted by Crippen LogP contribution is 2.31. The lowest BCUT2D eigenvalue weighted by Gasteiger charge is -2.43. The van der Waals surface area contributed by atoms with Gasteiger partial charge in [-0.2, -0.15) is 0 Å². The van der Waals surface area contributed by atoms with Gasteiger partial charge in [0.25, 0.3) is 0 Å². The monoisotopic (exact) mass is 485 g/mol. The van der Waals surface area contributed by atoms with E-state index in [4.69, 9.17) is 4.74 Å². The first-order chi connectivity index (χ1) is 16.2. The van der Waals surface area contributed by atoms with Gasteiger partial charge in [0.1, 0.15) is 17.7 Å². The fraction of sp³-hybridized carbons (Fsp3) is 0.607. The van der Waals surface area contributed by atoms with Crippen LogP contribution in [-0.2, 0) is 14.3 Å². The molecule has 2 rings (SSSR count). The van der Waals surface area contributed by atoms with Gasteiger partial charge in [0.05, 0.1) is 0 Å². The van der Waals surface area contributed by atoms with E-state index in [9.17, 15) is 14.4 Å². The van der Waals surface area contributed by atoms with Crippen LogP contribution in [0.3, 0.4) is 0 Å². The van der Waals surface area contributed by atoms with Crippen LogP contribution >= 0.6 is 0 Å². The summed E-state index contributed by atoms with van der Waals surface area (Å²) in [5.74, 6) is -0.581. The molecule has 35 heavy (non-hydrogen) atoms. The van der Waals surface area contributed by atoms with Gasteiger partial charge >= 0.3 is 6.09 Å². The van der Waals surface area contributed by atoms with Crippen molar-refractivity contribution in [2.45, 2.75) is 110 Å². The average molecular weight is 486 g/mol. The normalized spacial score (nSPS) is 16.5. The van der Waals surface area contributed by atoms with E-state index in [0.717, 1.165) is 31.2 Å². The highest BCUT2D eigenvalue weighted by atomic mass is 16.6. The third kappa shape index (κ3) is 8.41. The van der Waals surface area contributed by atoms with E-state index < -0.39 is 29.3 Å². The van der Waals surface area contributed by atoms with Crippen LogP contribution in [0.4, 0.5) is 4.79 Å². The standard InChI is InChI=1S/C28H43N3O4/c1-9-20-14-13-15-21(18-20)23(24(32)30-22-16-11-10-12-17-22)31(27(3,4)5)25(33)19(2)29-26(34)35-28(6,7)8/h9,13-15,18-19,22-23H,1,10-12,16-17H2,2-8H3,(H,29,34)(H,30,32). The summed E-state index contributed by atoms with van der Waals surface area (Å²) in [5, 5.41) is 5.84. The van der Waals surface area contributed by atoms with Crippen molar-refractivity contribution in [3.05, 3.63) is 42.0 Å². The van der Waals surface area contributed by atoms with Crippen molar-refractivity contribution in [2.75, 3.05) is 0 Å². The van der Waals surface area contributed by atoms with Crippen LogP contribution in [0.25, 0.3) is 6.08 Å². The molecule has 0 radical (unpaired) electrons. The summed E-state index contributed by atoms with van der Waals surface area (Å²) >= 11 is 0. The number of ether oxygens (including phenoxy) is 1. The molecular formula is C28H43N3O4. The molecule has 0 aromatic heterocycles. The Hall–Kier alpha value is -2.83. The molecule has 0 heterocycles. The minimum Gasteiger partial charge on any atom is -0.444 e. The largest absolute Gasteiger partial charge is 0.444 e. The highest BCUT2D eigenvalue weighted by Gasteiger charge is 2.41. The molecule has 1 aromatic carbocycles. The summed E-state index contributed by atoms with van der Waals surface area (Å²) in [4.78, 5) is 41.6. The summed E-state index contributed by atoms with van der Waals surface area (Å²) < 4.78 is 5.34. The van der Waals surface area contributed by atoms with Gasteiger partial charge in [0.2, 0.25) is 11.8 Å². The van der Waals surface area contributed by atoms with Crippen LogP contribution in [0.1, 0.15) is 97.7 Å². The van der Waals surface area contributed by atoms with Crippen molar-refractivity contribution >= 4 is 24.0 Å². The van der Waals surface area contributed by atoms with E-state index in [1.807, 2.05) is 45.0 Å². The Kier molecular flexibility index (Phi) is 9.52. The van der Waals surface area contributed by atoms with Crippen LogP contribution in [0.2, 0.25) is 0 Å². The predicted octanol–water partition coefficient (Wildman–Crippen LogP) is 5.36. The van der Waals surface area contributed by atoms with Crippen LogP contribution < -0.4 is 10.6 Å². The van der Waals surface area contributed by atoms with E-state index in [-0.39, 0.29) is 17.9 Å². The molecule has 0 spiro atoms. The molecule has 1 aliphatic rings. The minimum atomic E-state index is -0.892. The summed E-state index contributed by atoms with van der Waals surface area (Å²) in [6, 6.07) is 5.84. The summed E-state index contributed by atoms with van der Waals surface area (Å²) in [5.41, 5.74) is 0.159. The second kappa shape index (κ2) is 11.7. The number of carbonyl (C=O) groups is 3. The molecule has 1 aliphatic carbocycles. The van der Waals surface area contributed by atoms with Gasteiger partial charge in [0.15, 0.2) is 0 Å². The maximum absolute atomic E-state index is 13.8. The van der Waals surface area contributed by atoms with E-state index in [1.54, 1.807) is 38.7 Å². The van der Waals surface area contributed by atoms with Gasteiger partial charge in [-0.05, 0) is 78.5 Å². The Balaban J connectivity index is 2.43.